The maximum Gasteiger partial charge on any atom is 0.418 e. The molecule has 0 aliphatic carbocycles. The minimum atomic E-state index is -4.59. The molecule has 0 aliphatic rings. The fourth-order valence-corrected chi connectivity index (χ4v) is 2.17. The smallest absolute Gasteiger partial charge is 0.376 e. The summed E-state index contributed by atoms with van der Waals surface area (Å²) in [6, 6.07) is 6.42. The van der Waals surface area contributed by atoms with Crippen molar-refractivity contribution in [2.24, 2.45) is 0 Å². The first-order chi connectivity index (χ1) is 11.3. The summed E-state index contributed by atoms with van der Waals surface area (Å²) in [7, 11) is 0. The summed E-state index contributed by atoms with van der Waals surface area (Å²) in [5.74, 6) is -0.855. The van der Waals surface area contributed by atoms with Gasteiger partial charge in [0.15, 0.2) is 0 Å². The molecule has 0 spiro atoms. The maximum atomic E-state index is 13.0. The number of anilines is 1. The van der Waals surface area contributed by atoms with Crippen LogP contribution in [0, 0.1) is 11.3 Å². The van der Waals surface area contributed by atoms with E-state index >= 15 is 0 Å². The second kappa shape index (κ2) is 8.96. The zero-order valence-corrected chi connectivity index (χ0v) is 13.7. The molecule has 0 fully saturated rings. The number of nitriles is 1. The van der Waals surface area contributed by atoms with E-state index in [0.717, 1.165) is 25.0 Å². The molecule has 1 aromatic carbocycles. The third-order valence-corrected chi connectivity index (χ3v) is 3.18. The van der Waals surface area contributed by atoms with Crippen LogP contribution < -0.4 is 5.32 Å². The van der Waals surface area contributed by atoms with Gasteiger partial charge in [0.2, 0.25) is 0 Å². The topological polar surface area (TPSA) is 56.1 Å². The number of rotatable bonds is 7. The number of para-hydroxylation sites is 1. The van der Waals surface area contributed by atoms with Crippen LogP contribution in [0.1, 0.15) is 32.3 Å². The van der Waals surface area contributed by atoms with Gasteiger partial charge in [0.05, 0.1) is 11.3 Å². The van der Waals surface area contributed by atoms with E-state index < -0.39 is 17.6 Å². The molecule has 0 aromatic heterocycles. The monoisotopic (exact) mass is 339 g/mol. The maximum absolute atomic E-state index is 13.0. The Labute approximate surface area is 139 Å². The molecule has 130 valence electrons. The first-order valence-corrected chi connectivity index (χ1v) is 7.67. The first-order valence-electron chi connectivity index (χ1n) is 7.67. The number of hydrogen-bond donors (Lipinski definition) is 1. The van der Waals surface area contributed by atoms with Crippen LogP contribution in [-0.4, -0.2) is 23.9 Å². The molecule has 0 bridgehead atoms. The number of halogens is 3. The number of amides is 1. The lowest BCUT2D eigenvalue weighted by molar-refractivity contribution is -0.137. The Kier molecular flexibility index (Phi) is 7.31. The molecule has 0 atom stereocenters. The fourth-order valence-electron chi connectivity index (χ4n) is 2.17. The normalized spacial score (nSPS) is 11.8. The zero-order chi connectivity index (χ0) is 18.2. The highest BCUT2D eigenvalue weighted by molar-refractivity contribution is 6.06. The van der Waals surface area contributed by atoms with Crippen molar-refractivity contribution in [2.75, 3.05) is 18.4 Å². The molecule has 1 N–H and O–H groups in total. The molecule has 0 saturated carbocycles. The van der Waals surface area contributed by atoms with Crippen LogP contribution in [0.3, 0.4) is 0 Å². The highest BCUT2D eigenvalue weighted by Crippen LogP contribution is 2.34. The number of carbonyl (C=O) groups excluding carboxylic acids is 1. The lowest BCUT2D eigenvalue weighted by Crippen LogP contribution is -2.23. The average molecular weight is 339 g/mol. The fraction of sp³-hybridized carbons (Fsp3) is 0.412. The van der Waals surface area contributed by atoms with Crippen LogP contribution in [0.4, 0.5) is 18.9 Å². The third-order valence-electron chi connectivity index (χ3n) is 3.18. The largest absolute Gasteiger partial charge is 0.418 e. The molecule has 0 saturated heterocycles. The van der Waals surface area contributed by atoms with Crippen LogP contribution in [0.5, 0.6) is 0 Å². The Balaban J connectivity index is 3.03. The van der Waals surface area contributed by atoms with E-state index in [1.165, 1.54) is 18.3 Å². The van der Waals surface area contributed by atoms with Gasteiger partial charge in [-0.2, -0.15) is 18.4 Å². The number of nitrogens with zero attached hydrogens (tertiary/aromatic N) is 2. The molecular formula is C17H20F3N3O. The van der Waals surface area contributed by atoms with Gasteiger partial charge < -0.3 is 10.2 Å². The van der Waals surface area contributed by atoms with Gasteiger partial charge in [-0.1, -0.05) is 26.0 Å². The van der Waals surface area contributed by atoms with Crippen molar-refractivity contribution in [3.8, 4) is 6.07 Å². The van der Waals surface area contributed by atoms with Crippen molar-refractivity contribution in [2.45, 2.75) is 32.9 Å². The number of carbonyl (C=O) groups is 1. The van der Waals surface area contributed by atoms with E-state index in [-0.39, 0.29) is 11.3 Å². The predicted octanol–water partition coefficient (Wildman–Crippen LogP) is 4.17. The lowest BCUT2D eigenvalue weighted by atomic mass is 10.1. The van der Waals surface area contributed by atoms with Gasteiger partial charge in [0.25, 0.3) is 5.91 Å². The quantitative estimate of drug-likeness (QED) is 0.599. The second-order valence-electron chi connectivity index (χ2n) is 5.19. The van der Waals surface area contributed by atoms with Crippen molar-refractivity contribution in [1.82, 2.24) is 4.90 Å². The Morgan fingerprint density at radius 1 is 1.25 bits per heavy atom. The molecule has 0 radical (unpaired) electrons. The van der Waals surface area contributed by atoms with Gasteiger partial charge in [0.1, 0.15) is 11.6 Å². The molecule has 7 heteroatoms. The molecule has 0 heterocycles. The number of alkyl halides is 3. The molecule has 1 rings (SSSR count). The van der Waals surface area contributed by atoms with E-state index in [0.29, 0.717) is 13.1 Å². The van der Waals surface area contributed by atoms with Crippen LogP contribution in [0.2, 0.25) is 0 Å². The van der Waals surface area contributed by atoms with Crippen molar-refractivity contribution in [3.05, 3.63) is 41.6 Å². The van der Waals surface area contributed by atoms with Gasteiger partial charge in [0, 0.05) is 19.3 Å². The van der Waals surface area contributed by atoms with E-state index in [1.54, 1.807) is 6.07 Å². The summed E-state index contributed by atoms with van der Waals surface area (Å²) in [4.78, 5) is 14.0. The predicted molar refractivity (Wildman–Crippen MR) is 85.9 cm³/mol. The van der Waals surface area contributed by atoms with Gasteiger partial charge in [-0.25, -0.2) is 0 Å². The Hall–Kier alpha value is -2.49. The minimum absolute atomic E-state index is 0.228. The van der Waals surface area contributed by atoms with Gasteiger partial charge in [-0.3, -0.25) is 4.79 Å². The van der Waals surface area contributed by atoms with Crippen LogP contribution in [0.25, 0.3) is 0 Å². The number of benzene rings is 1. The minimum Gasteiger partial charge on any atom is -0.376 e. The van der Waals surface area contributed by atoms with Crippen LogP contribution >= 0.6 is 0 Å². The number of hydrogen-bond acceptors (Lipinski definition) is 3. The Bertz CT molecular complexity index is 627. The second-order valence-corrected chi connectivity index (χ2v) is 5.19. The van der Waals surface area contributed by atoms with Gasteiger partial charge in [-0.15, -0.1) is 0 Å². The van der Waals surface area contributed by atoms with Crippen molar-refractivity contribution < 1.29 is 18.0 Å². The van der Waals surface area contributed by atoms with Crippen LogP contribution in [-0.2, 0) is 11.0 Å². The molecule has 0 unspecified atom stereocenters. The van der Waals surface area contributed by atoms with Crippen LogP contribution in [0.15, 0.2) is 36.0 Å². The number of nitrogens with one attached hydrogen (secondary N) is 1. The van der Waals surface area contributed by atoms with Crippen molar-refractivity contribution in [3.63, 3.8) is 0 Å². The zero-order valence-electron chi connectivity index (χ0n) is 13.7. The Morgan fingerprint density at radius 2 is 1.83 bits per heavy atom. The molecule has 4 nitrogen and oxygen atoms in total. The SMILES string of the molecule is CCCN(/C=C(/C#N)C(=O)Nc1ccccc1C(F)(F)F)CCC. The lowest BCUT2D eigenvalue weighted by Gasteiger charge is -2.19. The molecule has 1 aromatic rings. The molecule has 1 amide bonds. The summed E-state index contributed by atoms with van der Waals surface area (Å²) >= 11 is 0. The summed E-state index contributed by atoms with van der Waals surface area (Å²) in [6.45, 7) is 5.24. The van der Waals surface area contributed by atoms with Gasteiger partial charge >= 0.3 is 6.18 Å². The molecule has 0 aliphatic heterocycles. The highest BCUT2D eigenvalue weighted by Gasteiger charge is 2.33. The first kappa shape index (κ1) is 19.6. The van der Waals surface area contributed by atoms with E-state index in [9.17, 15) is 18.0 Å². The Morgan fingerprint density at radius 3 is 2.33 bits per heavy atom. The third kappa shape index (κ3) is 5.61. The summed E-state index contributed by atoms with van der Waals surface area (Å²) in [5, 5.41) is 11.3. The van der Waals surface area contributed by atoms with E-state index in [2.05, 4.69) is 5.32 Å². The highest BCUT2D eigenvalue weighted by atomic mass is 19.4. The summed E-state index contributed by atoms with van der Waals surface area (Å²) in [6.07, 6.45) is -1.53. The van der Waals surface area contributed by atoms with Crippen molar-refractivity contribution in [1.29, 1.82) is 5.26 Å². The van der Waals surface area contributed by atoms with E-state index in [1.807, 2.05) is 18.7 Å². The standard InChI is InChI=1S/C17H20F3N3O/c1-3-9-23(10-4-2)12-13(11-21)16(24)22-15-8-6-5-7-14(15)17(18,19)20/h5-8,12H,3-4,9-10H2,1-2H3,(H,22,24)/b13-12-. The molecule has 24 heavy (non-hydrogen) atoms. The average Bonchev–Trinajstić information content (AvgIpc) is 2.52. The molecular weight excluding hydrogens is 319 g/mol. The van der Waals surface area contributed by atoms with Gasteiger partial charge in [-0.05, 0) is 25.0 Å². The summed E-state index contributed by atoms with van der Waals surface area (Å²) in [5.41, 5.74) is -1.54. The summed E-state index contributed by atoms with van der Waals surface area (Å²) < 4.78 is 38.9. The van der Waals surface area contributed by atoms with Crippen molar-refractivity contribution >= 4 is 11.6 Å². The van der Waals surface area contributed by atoms with E-state index in [4.69, 9.17) is 5.26 Å².